The number of hydrogen-bond acceptors (Lipinski definition) is 6. The van der Waals surface area contributed by atoms with Crippen molar-refractivity contribution in [1.82, 2.24) is 10.6 Å². The van der Waals surface area contributed by atoms with Crippen LogP contribution < -0.4 is 15.5 Å². The summed E-state index contributed by atoms with van der Waals surface area (Å²) in [5.74, 6) is 0.711. The van der Waals surface area contributed by atoms with Gasteiger partial charge in [-0.15, -0.1) is 0 Å². The second-order valence-corrected chi connectivity index (χ2v) is 6.54. The number of piperidine rings is 1. The van der Waals surface area contributed by atoms with E-state index in [1.807, 2.05) is 31.2 Å². The molecule has 2 N–H and O–H groups in total. The maximum atomic E-state index is 11.7. The van der Waals surface area contributed by atoms with E-state index >= 15 is 0 Å². The van der Waals surface area contributed by atoms with Crippen LogP contribution in [0.4, 0.5) is 5.69 Å². The number of aliphatic imine (C=N–C) groups is 1. The Bertz CT molecular complexity index is 592. The zero-order valence-electron chi connectivity index (χ0n) is 15.0. The predicted molar refractivity (Wildman–Crippen MR) is 100 cm³/mol. The number of anilines is 1. The highest BCUT2D eigenvalue weighted by Gasteiger charge is 2.21. The molecular weight excluding hydrogens is 316 g/mol. The number of carbonyl (C=O) groups excluding carboxylic acids is 1. The van der Waals surface area contributed by atoms with Crippen molar-refractivity contribution in [2.45, 2.75) is 38.6 Å². The summed E-state index contributed by atoms with van der Waals surface area (Å²) in [6, 6.07) is 8.19. The van der Waals surface area contributed by atoms with Gasteiger partial charge in [0.05, 0.1) is 12.2 Å². The highest BCUT2D eigenvalue weighted by Crippen LogP contribution is 2.21. The van der Waals surface area contributed by atoms with Crippen LogP contribution in [0.2, 0.25) is 0 Å². The quantitative estimate of drug-likeness (QED) is 0.820. The van der Waals surface area contributed by atoms with Crippen LogP contribution in [0.3, 0.4) is 0 Å². The molecule has 0 aromatic heterocycles. The van der Waals surface area contributed by atoms with Crippen molar-refractivity contribution < 1.29 is 9.53 Å². The van der Waals surface area contributed by atoms with Crippen LogP contribution >= 0.6 is 0 Å². The molecule has 1 aromatic rings. The fraction of sp³-hybridized carbons (Fsp3) is 0.579. The van der Waals surface area contributed by atoms with Gasteiger partial charge in [-0.2, -0.15) is 0 Å². The molecule has 0 saturated carbocycles. The molecule has 0 unspecified atom stereocenters. The van der Waals surface area contributed by atoms with Gasteiger partial charge in [0, 0.05) is 37.9 Å². The molecule has 2 aliphatic rings. The summed E-state index contributed by atoms with van der Waals surface area (Å²) in [5.41, 5.74) is 1.77. The lowest BCUT2D eigenvalue weighted by Gasteiger charge is -2.34. The Morgan fingerprint density at radius 1 is 1.28 bits per heavy atom. The Morgan fingerprint density at radius 2 is 2.04 bits per heavy atom. The van der Waals surface area contributed by atoms with E-state index in [1.54, 1.807) is 0 Å². The SMILES string of the molecule is CCOC(=O)c1ccc(N2CCC(NC3=NCCCCN3)CC2)cc1. The lowest BCUT2D eigenvalue weighted by atomic mass is 10.0. The molecule has 25 heavy (non-hydrogen) atoms. The lowest BCUT2D eigenvalue weighted by molar-refractivity contribution is 0.0526. The van der Waals surface area contributed by atoms with E-state index in [0.717, 1.165) is 50.7 Å². The highest BCUT2D eigenvalue weighted by molar-refractivity contribution is 5.89. The van der Waals surface area contributed by atoms with Crippen LogP contribution in [0, 0.1) is 0 Å². The monoisotopic (exact) mass is 344 g/mol. The van der Waals surface area contributed by atoms with Crippen molar-refractivity contribution in [3.8, 4) is 0 Å². The van der Waals surface area contributed by atoms with Gasteiger partial charge in [0.25, 0.3) is 0 Å². The number of guanidine groups is 1. The molecule has 0 aliphatic carbocycles. The molecule has 1 saturated heterocycles. The number of ether oxygens (including phenoxy) is 1. The predicted octanol–water partition coefficient (Wildman–Crippen LogP) is 2.16. The molecule has 136 valence electrons. The third-order valence-corrected chi connectivity index (χ3v) is 4.73. The molecule has 0 radical (unpaired) electrons. The van der Waals surface area contributed by atoms with E-state index in [2.05, 4.69) is 20.5 Å². The fourth-order valence-electron chi connectivity index (χ4n) is 3.29. The van der Waals surface area contributed by atoms with Crippen molar-refractivity contribution in [3.05, 3.63) is 29.8 Å². The summed E-state index contributed by atoms with van der Waals surface area (Å²) in [7, 11) is 0. The molecule has 2 heterocycles. The van der Waals surface area contributed by atoms with Crippen LogP contribution in [-0.4, -0.2) is 50.8 Å². The molecule has 6 heteroatoms. The van der Waals surface area contributed by atoms with Crippen molar-refractivity contribution in [1.29, 1.82) is 0 Å². The first kappa shape index (κ1) is 17.6. The normalized spacial score (nSPS) is 18.8. The van der Waals surface area contributed by atoms with Crippen LogP contribution in [0.25, 0.3) is 0 Å². The standard InChI is InChI=1S/C19H28N4O2/c1-2-25-18(24)15-5-7-17(8-6-15)23-13-9-16(10-14-23)22-19-20-11-3-4-12-21-19/h5-8,16H,2-4,9-14H2,1H3,(H2,20,21,22). The van der Waals surface area contributed by atoms with Crippen LogP contribution in [-0.2, 0) is 4.74 Å². The molecule has 2 aliphatic heterocycles. The summed E-state index contributed by atoms with van der Waals surface area (Å²) in [6.45, 7) is 6.16. The van der Waals surface area contributed by atoms with Crippen molar-refractivity contribution in [3.63, 3.8) is 0 Å². The number of rotatable bonds is 4. The molecule has 1 fully saturated rings. The Balaban J connectivity index is 1.50. The average Bonchev–Trinajstić information content (AvgIpc) is 2.91. The number of benzene rings is 1. The van der Waals surface area contributed by atoms with Gasteiger partial charge in [-0.3, -0.25) is 4.99 Å². The summed E-state index contributed by atoms with van der Waals surface area (Å²) < 4.78 is 5.03. The summed E-state index contributed by atoms with van der Waals surface area (Å²) in [4.78, 5) is 18.7. The molecule has 6 nitrogen and oxygen atoms in total. The molecule has 0 spiro atoms. The van der Waals surface area contributed by atoms with Gasteiger partial charge >= 0.3 is 5.97 Å². The first-order valence-corrected chi connectivity index (χ1v) is 9.33. The summed E-state index contributed by atoms with van der Waals surface area (Å²) >= 11 is 0. The zero-order valence-corrected chi connectivity index (χ0v) is 15.0. The number of nitrogens with zero attached hydrogens (tertiary/aromatic N) is 2. The first-order valence-electron chi connectivity index (χ1n) is 9.33. The van der Waals surface area contributed by atoms with Gasteiger partial charge in [-0.25, -0.2) is 4.79 Å². The largest absolute Gasteiger partial charge is 0.462 e. The smallest absolute Gasteiger partial charge is 0.338 e. The number of carbonyl (C=O) groups is 1. The van der Waals surface area contributed by atoms with E-state index in [9.17, 15) is 4.79 Å². The summed E-state index contributed by atoms with van der Waals surface area (Å²) in [6.07, 6.45) is 4.52. The Morgan fingerprint density at radius 3 is 2.76 bits per heavy atom. The number of esters is 1. The van der Waals surface area contributed by atoms with E-state index in [0.29, 0.717) is 18.2 Å². The van der Waals surface area contributed by atoms with Gasteiger partial charge in [0.15, 0.2) is 5.96 Å². The molecule has 3 rings (SSSR count). The van der Waals surface area contributed by atoms with Crippen molar-refractivity contribution in [2.75, 3.05) is 37.7 Å². The minimum absolute atomic E-state index is 0.256. The van der Waals surface area contributed by atoms with Crippen molar-refractivity contribution >= 4 is 17.6 Å². The van der Waals surface area contributed by atoms with Crippen LogP contribution in [0.5, 0.6) is 0 Å². The Kier molecular flexibility index (Phi) is 6.14. The van der Waals surface area contributed by atoms with Gasteiger partial charge in [-0.05, 0) is 56.9 Å². The van der Waals surface area contributed by atoms with E-state index in [4.69, 9.17) is 4.74 Å². The van der Waals surface area contributed by atoms with Crippen LogP contribution in [0.1, 0.15) is 43.0 Å². The highest BCUT2D eigenvalue weighted by atomic mass is 16.5. The Labute approximate surface area is 149 Å². The third kappa shape index (κ3) is 4.87. The fourth-order valence-corrected chi connectivity index (χ4v) is 3.29. The summed E-state index contributed by atoms with van der Waals surface area (Å²) in [5, 5.41) is 6.94. The van der Waals surface area contributed by atoms with Crippen molar-refractivity contribution in [2.24, 2.45) is 4.99 Å². The molecule has 0 amide bonds. The van der Waals surface area contributed by atoms with E-state index < -0.39 is 0 Å². The minimum atomic E-state index is -0.256. The van der Waals surface area contributed by atoms with E-state index in [-0.39, 0.29) is 5.97 Å². The third-order valence-electron chi connectivity index (χ3n) is 4.73. The van der Waals surface area contributed by atoms with Gasteiger partial charge in [-0.1, -0.05) is 0 Å². The van der Waals surface area contributed by atoms with Gasteiger partial charge in [0.2, 0.25) is 0 Å². The molecule has 0 bridgehead atoms. The lowest BCUT2D eigenvalue weighted by Crippen LogP contribution is -2.48. The average molecular weight is 344 g/mol. The first-order chi connectivity index (χ1) is 12.3. The maximum Gasteiger partial charge on any atom is 0.338 e. The van der Waals surface area contributed by atoms with Gasteiger partial charge < -0.3 is 20.3 Å². The Hall–Kier alpha value is -2.24. The zero-order chi connectivity index (χ0) is 17.5. The second kappa shape index (κ2) is 8.74. The topological polar surface area (TPSA) is 66.0 Å². The number of nitrogens with one attached hydrogen (secondary N) is 2. The van der Waals surface area contributed by atoms with Crippen LogP contribution in [0.15, 0.2) is 29.3 Å². The maximum absolute atomic E-state index is 11.7. The number of hydrogen-bond donors (Lipinski definition) is 2. The minimum Gasteiger partial charge on any atom is -0.462 e. The molecule has 1 aromatic carbocycles. The van der Waals surface area contributed by atoms with E-state index in [1.165, 1.54) is 12.8 Å². The van der Waals surface area contributed by atoms with Gasteiger partial charge in [0.1, 0.15) is 0 Å². The molecular formula is C19H28N4O2. The second-order valence-electron chi connectivity index (χ2n) is 6.54. The molecule has 0 atom stereocenters.